The second kappa shape index (κ2) is 5.94. The van der Waals surface area contributed by atoms with Crippen LogP contribution in [0.15, 0.2) is 16.7 Å². The van der Waals surface area contributed by atoms with E-state index in [-0.39, 0.29) is 17.3 Å². The van der Waals surface area contributed by atoms with Gasteiger partial charge in [-0.1, -0.05) is 6.92 Å². The fraction of sp³-hybridized carbons (Fsp3) is 0.583. The highest BCUT2D eigenvalue weighted by molar-refractivity contribution is 6.20. The molecule has 1 aromatic heterocycles. The first kappa shape index (κ1) is 13.1. The number of amides is 1. The van der Waals surface area contributed by atoms with Crippen molar-refractivity contribution in [1.29, 1.82) is 0 Å². The van der Waals surface area contributed by atoms with Gasteiger partial charge in [-0.05, 0) is 26.3 Å². The van der Waals surface area contributed by atoms with Gasteiger partial charge in [-0.25, -0.2) is 0 Å². The molecule has 0 bridgehead atoms. The molecule has 3 nitrogen and oxygen atoms in total. The van der Waals surface area contributed by atoms with E-state index in [2.05, 4.69) is 5.32 Å². The lowest BCUT2D eigenvalue weighted by Crippen LogP contribution is -2.34. The van der Waals surface area contributed by atoms with Crippen LogP contribution >= 0.6 is 11.6 Å². The maximum Gasteiger partial charge on any atom is 0.255 e. The summed E-state index contributed by atoms with van der Waals surface area (Å²) in [6.45, 7) is 5.82. The first-order valence-corrected chi connectivity index (χ1v) is 5.99. The predicted octanol–water partition coefficient (Wildman–Crippen LogP) is 2.98. The third-order valence-electron chi connectivity index (χ3n) is 2.37. The maximum absolute atomic E-state index is 11.9. The van der Waals surface area contributed by atoms with Gasteiger partial charge in [0.25, 0.3) is 5.91 Å². The zero-order valence-electron chi connectivity index (χ0n) is 9.92. The minimum Gasteiger partial charge on any atom is -0.469 e. The number of hydrogen-bond acceptors (Lipinski definition) is 2. The molecule has 90 valence electrons. The molecule has 0 aromatic carbocycles. The van der Waals surface area contributed by atoms with E-state index in [1.807, 2.05) is 20.8 Å². The number of nitrogens with one attached hydrogen (secondary N) is 1. The van der Waals surface area contributed by atoms with Gasteiger partial charge in [0.1, 0.15) is 5.76 Å². The Labute approximate surface area is 101 Å². The van der Waals surface area contributed by atoms with Crippen LogP contribution in [0.4, 0.5) is 0 Å². The van der Waals surface area contributed by atoms with Gasteiger partial charge in [0.15, 0.2) is 0 Å². The van der Waals surface area contributed by atoms with Gasteiger partial charge in [0.2, 0.25) is 0 Å². The quantitative estimate of drug-likeness (QED) is 0.808. The van der Waals surface area contributed by atoms with E-state index in [9.17, 15) is 4.79 Å². The molecule has 0 aliphatic carbocycles. The van der Waals surface area contributed by atoms with Crippen molar-refractivity contribution in [3.05, 3.63) is 23.7 Å². The Morgan fingerprint density at radius 1 is 1.56 bits per heavy atom. The zero-order valence-corrected chi connectivity index (χ0v) is 10.7. The smallest absolute Gasteiger partial charge is 0.255 e. The van der Waals surface area contributed by atoms with Crippen LogP contribution in [-0.2, 0) is 6.42 Å². The highest BCUT2D eigenvalue weighted by Crippen LogP contribution is 2.12. The SMILES string of the molecule is CCc1occc1C(=O)NC(C)CC(C)Cl. The lowest BCUT2D eigenvalue weighted by Gasteiger charge is -2.14. The maximum atomic E-state index is 11.9. The Morgan fingerprint density at radius 2 is 2.25 bits per heavy atom. The fourth-order valence-electron chi connectivity index (χ4n) is 1.66. The molecule has 0 fully saturated rings. The summed E-state index contributed by atoms with van der Waals surface area (Å²) < 4.78 is 5.21. The molecule has 1 aromatic rings. The fourth-order valence-corrected chi connectivity index (χ4v) is 1.93. The summed E-state index contributed by atoms with van der Waals surface area (Å²) in [5.41, 5.74) is 0.622. The van der Waals surface area contributed by atoms with Gasteiger partial charge in [0.05, 0.1) is 11.8 Å². The van der Waals surface area contributed by atoms with Crippen molar-refractivity contribution < 1.29 is 9.21 Å². The third kappa shape index (κ3) is 3.56. The Balaban J connectivity index is 2.58. The summed E-state index contributed by atoms with van der Waals surface area (Å²) in [5, 5.41) is 2.97. The summed E-state index contributed by atoms with van der Waals surface area (Å²) in [6, 6.07) is 1.77. The van der Waals surface area contributed by atoms with Crippen LogP contribution in [0.2, 0.25) is 0 Å². The van der Waals surface area contributed by atoms with E-state index < -0.39 is 0 Å². The molecular formula is C12H18ClNO2. The number of carbonyl (C=O) groups excluding carboxylic acids is 1. The minimum atomic E-state index is -0.0876. The summed E-state index contributed by atoms with van der Waals surface area (Å²) >= 11 is 5.87. The second-order valence-corrected chi connectivity index (χ2v) is 4.75. The lowest BCUT2D eigenvalue weighted by molar-refractivity contribution is 0.0936. The molecule has 0 saturated heterocycles. The van der Waals surface area contributed by atoms with E-state index in [0.717, 1.165) is 18.6 Å². The van der Waals surface area contributed by atoms with E-state index in [4.69, 9.17) is 16.0 Å². The predicted molar refractivity (Wildman–Crippen MR) is 64.9 cm³/mol. The Hall–Kier alpha value is -0.960. The van der Waals surface area contributed by atoms with Crippen LogP contribution in [0.1, 0.15) is 43.3 Å². The third-order valence-corrected chi connectivity index (χ3v) is 2.55. The molecule has 4 heteroatoms. The molecule has 0 aliphatic rings. The Morgan fingerprint density at radius 3 is 2.81 bits per heavy atom. The molecule has 1 rings (SSSR count). The van der Waals surface area contributed by atoms with Gasteiger partial charge in [0, 0.05) is 17.8 Å². The average Bonchev–Trinajstić information content (AvgIpc) is 2.63. The van der Waals surface area contributed by atoms with Crippen LogP contribution in [0.25, 0.3) is 0 Å². The number of aryl methyl sites for hydroxylation is 1. The Kier molecular flexibility index (Phi) is 4.87. The van der Waals surface area contributed by atoms with Gasteiger partial charge in [-0.15, -0.1) is 11.6 Å². The molecule has 1 N–H and O–H groups in total. The van der Waals surface area contributed by atoms with E-state index in [0.29, 0.717) is 5.56 Å². The molecule has 16 heavy (non-hydrogen) atoms. The number of halogens is 1. The van der Waals surface area contributed by atoms with E-state index in [1.165, 1.54) is 0 Å². The van der Waals surface area contributed by atoms with Gasteiger partial charge in [-0.2, -0.15) is 0 Å². The normalized spacial score (nSPS) is 14.5. The van der Waals surface area contributed by atoms with Gasteiger partial charge >= 0.3 is 0 Å². The molecule has 2 atom stereocenters. The standard InChI is InChI=1S/C12H18ClNO2/c1-4-11-10(5-6-16-11)12(15)14-9(3)7-8(2)13/h5-6,8-9H,4,7H2,1-3H3,(H,14,15). The Bertz CT molecular complexity index is 347. The highest BCUT2D eigenvalue weighted by atomic mass is 35.5. The topological polar surface area (TPSA) is 42.2 Å². The molecule has 1 amide bonds. The van der Waals surface area contributed by atoms with E-state index in [1.54, 1.807) is 12.3 Å². The van der Waals surface area contributed by atoms with Crippen LogP contribution in [0, 0.1) is 0 Å². The van der Waals surface area contributed by atoms with Crippen molar-refractivity contribution in [2.45, 2.75) is 45.0 Å². The number of furan rings is 1. The molecule has 1 heterocycles. The monoisotopic (exact) mass is 243 g/mol. The first-order valence-electron chi connectivity index (χ1n) is 5.55. The number of hydrogen-bond donors (Lipinski definition) is 1. The van der Waals surface area contributed by atoms with Crippen molar-refractivity contribution in [2.24, 2.45) is 0 Å². The molecule has 2 unspecified atom stereocenters. The zero-order chi connectivity index (χ0) is 12.1. The van der Waals surface area contributed by atoms with Crippen molar-refractivity contribution in [1.82, 2.24) is 5.32 Å². The van der Waals surface area contributed by atoms with Crippen molar-refractivity contribution in [3.8, 4) is 0 Å². The summed E-state index contributed by atoms with van der Waals surface area (Å²) in [7, 11) is 0. The summed E-state index contributed by atoms with van der Waals surface area (Å²) in [6.07, 6.45) is 3.02. The lowest BCUT2D eigenvalue weighted by atomic mass is 10.1. The average molecular weight is 244 g/mol. The molecule has 0 saturated carbocycles. The number of alkyl halides is 1. The molecule has 0 aliphatic heterocycles. The van der Waals surface area contributed by atoms with Crippen LogP contribution in [0.5, 0.6) is 0 Å². The second-order valence-electron chi connectivity index (χ2n) is 4.00. The largest absolute Gasteiger partial charge is 0.469 e. The van der Waals surface area contributed by atoms with E-state index >= 15 is 0 Å². The van der Waals surface area contributed by atoms with Gasteiger partial charge in [-0.3, -0.25) is 4.79 Å². The van der Waals surface area contributed by atoms with Crippen molar-refractivity contribution in [2.75, 3.05) is 0 Å². The van der Waals surface area contributed by atoms with Crippen molar-refractivity contribution >= 4 is 17.5 Å². The number of rotatable bonds is 5. The van der Waals surface area contributed by atoms with Crippen LogP contribution in [-0.4, -0.2) is 17.3 Å². The summed E-state index contributed by atoms with van der Waals surface area (Å²) in [4.78, 5) is 11.9. The highest BCUT2D eigenvalue weighted by Gasteiger charge is 2.16. The van der Waals surface area contributed by atoms with Crippen LogP contribution in [0.3, 0.4) is 0 Å². The molecule has 0 spiro atoms. The first-order chi connectivity index (χ1) is 7.54. The molecular weight excluding hydrogens is 226 g/mol. The van der Waals surface area contributed by atoms with Crippen LogP contribution < -0.4 is 5.32 Å². The van der Waals surface area contributed by atoms with Crippen molar-refractivity contribution in [3.63, 3.8) is 0 Å². The summed E-state index contributed by atoms with van der Waals surface area (Å²) in [5.74, 6) is 0.638. The minimum absolute atomic E-state index is 0.0605. The number of carbonyl (C=O) groups is 1. The molecule has 0 radical (unpaired) electrons. The van der Waals surface area contributed by atoms with Gasteiger partial charge < -0.3 is 9.73 Å².